The van der Waals surface area contributed by atoms with E-state index in [9.17, 15) is 4.39 Å². The minimum atomic E-state index is -2.84. The summed E-state index contributed by atoms with van der Waals surface area (Å²) in [7, 11) is 0. The summed E-state index contributed by atoms with van der Waals surface area (Å²) in [6.45, 7) is -6.28. The molecule has 5 heteroatoms. The van der Waals surface area contributed by atoms with Gasteiger partial charge in [0, 0.05) is 13.8 Å². The van der Waals surface area contributed by atoms with E-state index in [4.69, 9.17) is 13.0 Å². The largest absolute Gasteiger partial charge is 0.367 e. The first-order chi connectivity index (χ1) is 11.5. The number of fused-ring (bicyclic) bond motifs is 1. The monoisotopic (exact) mass is 378 g/mol. The summed E-state index contributed by atoms with van der Waals surface area (Å²) in [6, 6.07) is 5.73. The van der Waals surface area contributed by atoms with Crippen molar-refractivity contribution in [2.24, 2.45) is 0 Å². The highest BCUT2D eigenvalue weighted by molar-refractivity contribution is 14.1. The smallest absolute Gasteiger partial charge is 0.123 e. The van der Waals surface area contributed by atoms with Crippen molar-refractivity contribution in [2.45, 2.75) is 32.5 Å². The molecule has 0 atom stereocenters. The first-order valence-corrected chi connectivity index (χ1v) is 6.69. The van der Waals surface area contributed by atoms with Crippen LogP contribution in [0.25, 0.3) is 11.3 Å². The van der Waals surface area contributed by atoms with Crippen molar-refractivity contribution in [3.8, 4) is 11.3 Å². The maximum Gasteiger partial charge on any atom is 0.123 e. The maximum absolute atomic E-state index is 13.1. The van der Waals surface area contributed by atoms with Crippen LogP contribution >= 0.6 is 22.6 Å². The number of rotatable bonds is 1. The van der Waals surface area contributed by atoms with Gasteiger partial charge < -0.3 is 4.74 Å². The molecule has 1 aromatic heterocycles. The van der Waals surface area contributed by atoms with Crippen LogP contribution in [0.5, 0.6) is 0 Å². The highest BCUT2D eigenvalue weighted by Gasteiger charge is 2.29. The van der Waals surface area contributed by atoms with Crippen LogP contribution in [0, 0.1) is 9.39 Å². The molecule has 1 aliphatic heterocycles. The van der Waals surface area contributed by atoms with E-state index >= 15 is 0 Å². The van der Waals surface area contributed by atoms with Crippen LogP contribution in [0.1, 0.15) is 27.6 Å². The predicted molar refractivity (Wildman–Crippen MR) is 79.2 cm³/mol. The lowest BCUT2D eigenvalue weighted by Crippen LogP contribution is -2.36. The molecule has 0 aliphatic carbocycles. The minimum Gasteiger partial charge on any atom is -0.367 e. The summed E-state index contributed by atoms with van der Waals surface area (Å²) < 4.78 is 66.7. The number of nitrogens with zero attached hydrogens (tertiary/aromatic N) is 2. The van der Waals surface area contributed by atoms with Gasteiger partial charge in [0.25, 0.3) is 0 Å². The number of aromatic nitrogens is 2. The second-order valence-electron chi connectivity index (χ2n) is 4.39. The molecule has 0 N–H and O–H groups in total. The molecule has 2 heterocycles. The Kier molecular flexibility index (Phi) is 1.85. The number of hydrogen-bond donors (Lipinski definition) is 0. The van der Waals surface area contributed by atoms with Crippen molar-refractivity contribution >= 4 is 22.6 Å². The van der Waals surface area contributed by atoms with Crippen LogP contribution in [0.4, 0.5) is 4.39 Å². The molecule has 0 amide bonds. The third kappa shape index (κ3) is 2.41. The topological polar surface area (TPSA) is 27.1 Å². The minimum absolute atomic E-state index is 0.177. The van der Waals surface area contributed by atoms with Crippen molar-refractivity contribution in [2.75, 3.05) is 0 Å². The standard InChI is InChI=1S/C14H14FIN2O/c1-14(2)8-18-11(7-19-14)12(16)13(17-18)9-3-5-10(15)6-4-9/h3-6H,7-8H2,1-2H3/i1D3,2D3. The molecule has 1 aliphatic rings. The summed E-state index contributed by atoms with van der Waals surface area (Å²) in [5.41, 5.74) is -0.529. The Morgan fingerprint density at radius 2 is 2.16 bits per heavy atom. The second-order valence-corrected chi connectivity index (χ2v) is 5.47. The fourth-order valence-electron chi connectivity index (χ4n) is 1.98. The van der Waals surface area contributed by atoms with Gasteiger partial charge in [0.15, 0.2) is 0 Å². The highest BCUT2D eigenvalue weighted by atomic mass is 127. The molecule has 0 bridgehead atoms. The van der Waals surface area contributed by atoms with Gasteiger partial charge in [0.2, 0.25) is 0 Å². The van der Waals surface area contributed by atoms with Gasteiger partial charge in [-0.15, -0.1) is 0 Å². The lowest BCUT2D eigenvalue weighted by Gasteiger charge is -2.30. The van der Waals surface area contributed by atoms with Gasteiger partial charge in [-0.3, -0.25) is 4.68 Å². The van der Waals surface area contributed by atoms with E-state index in [0.717, 1.165) is 0 Å². The molecular formula is C14H14FIN2O. The van der Waals surface area contributed by atoms with E-state index in [1.165, 1.54) is 16.8 Å². The molecule has 3 rings (SSSR count). The van der Waals surface area contributed by atoms with Crippen LogP contribution in [-0.2, 0) is 17.9 Å². The van der Waals surface area contributed by atoms with Gasteiger partial charge in [-0.2, -0.15) is 5.10 Å². The van der Waals surface area contributed by atoms with Crippen molar-refractivity contribution in [3.05, 3.63) is 39.3 Å². The van der Waals surface area contributed by atoms with Gasteiger partial charge >= 0.3 is 0 Å². The normalized spacial score (nSPS) is 23.3. The zero-order valence-electron chi connectivity index (χ0n) is 15.8. The fourth-order valence-corrected chi connectivity index (χ4v) is 2.84. The molecular weight excluding hydrogens is 358 g/mol. The van der Waals surface area contributed by atoms with Gasteiger partial charge in [0.1, 0.15) is 11.5 Å². The second kappa shape index (κ2) is 4.56. The Labute approximate surface area is 133 Å². The average molecular weight is 378 g/mol. The maximum atomic E-state index is 13.1. The van der Waals surface area contributed by atoms with Crippen LogP contribution in [0.2, 0.25) is 0 Å². The molecule has 19 heavy (non-hydrogen) atoms. The highest BCUT2D eigenvalue weighted by Crippen LogP contribution is 2.32. The van der Waals surface area contributed by atoms with E-state index in [2.05, 4.69) is 5.10 Å². The molecule has 0 radical (unpaired) electrons. The molecule has 0 spiro atoms. The summed E-state index contributed by atoms with van der Waals surface area (Å²) in [6.07, 6.45) is 0. The Balaban J connectivity index is 2.08. The molecule has 2 aromatic rings. The quantitative estimate of drug-likeness (QED) is 0.710. The zero-order chi connectivity index (χ0) is 18.6. The van der Waals surface area contributed by atoms with Crippen LogP contribution in [0.3, 0.4) is 0 Å². The van der Waals surface area contributed by atoms with Crippen molar-refractivity contribution < 1.29 is 17.4 Å². The van der Waals surface area contributed by atoms with Crippen LogP contribution in [0.15, 0.2) is 24.3 Å². The number of ether oxygens (including phenoxy) is 1. The van der Waals surface area contributed by atoms with Crippen molar-refractivity contribution in [1.82, 2.24) is 9.78 Å². The first kappa shape index (κ1) is 7.73. The predicted octanol–water partition coefficient (Wildman–Crippen LogP) is 3.60. The molecule has 100 valence electrons. The molecule has 3 nitrogen and oxygen atoms in total. The first-order valence-electron chi connectivity index (χ1n) is 8.61. The Morgan fingerprint density at radius 3 is 2.84 bits per heavy atom. The van der Waals surface area contributed by atoms with Crippen molar-refractivity contribution in [1.29, 1.82) is 0 Å². The number of benzene rings is 1. The summed E-state index contributed by atoms with van der Waals surface area (Å²) >= 11 is 2.05. The van der Waals surface area contributed by atoms with Crippen molar-refractivity contribution in [3.63, 3.8) is 0 Å². The van der Waals surface area contributed by atoms with E-state index in [0.29, 0.717) is 20.5 Å². The Morgan fingerprint density at radius 1 is 1.42 bits per heavy atom. The van der Waals surface area contributed by atoms with Crippen LogP contribution in [-0.4, -0.2) is 15.4 Å². The summed E-state index contributed by atoms with van der Waals surface area (Å²) in [5, 5.41) is 4.38. The molecule has 1 aromatic carbocycles. The van der Waals surface area contributed by atoms with E-state index in [1.54, 1.807) is 12.1 Å². The third-order valence-electron chi connectivity index (χ3n) is 2.94. The molecule has 0 unspecified atom stereocenters. The SMILES string of the molecule is [2H]C([2H])([2H])C1(C([2H])([2H])[2H])Cn2nc(-c3ccc(F)cc3)c(I)c2CO1. The van der Waals surface area contributed by atoms with Gasteiger partial charge in [-0.1, -0.05) is 0 Å². The third-order valence-corrected chi connectivity index (χ3v) is 4.07. The summed E-state index contributed by atoms with van der Waals surface area (Å²) in [5.74, 6) is -0.380. The van der Waals surface area contributed by atoms with E-state index < -0.39 is 25.8 Å². The zero-order valence-corrected chi connectivity index (χ0v) is 11.9. The van der Waals surface area contributed by atoms with Crippen LogP contribution < -0.4 is 0 Å². The average Bonchev–Trinajstić information content (AvgIpc) is 2.82. The molecule has 0 saturated heterocycles. The van der Waals surface area contributed by atoms with E-state index in [1.807, 2.05) is 22.6 Å². The lowest BCUT2D eigenvalue weighted by atomic mass is 10.1. The summed E-state index contributed by atoms with van der Waals surface area (Å²) in [4.78, 5) is 0. The fraction of sp³-hybridized carbons (Fsp3) is 0.357. The Hall–Kier alpha value is -0.950. The van der Waals surface area contributed by atoms with Gasteiger partial charge in [-0.05, 0) is 60.6 Å². The number of hydrogen-bond acceptors (Lipinski definition) is 2. The van der Waals surface area contributed by atoms with E-state index in [-0.39, 0.29) is 12.4 Å². The molecule has 0 saturated carbocycles. The Bertz CT molecular complexity index is 785. The van der Waals surface area contributed by atoms with Gasteiger partial charge in [-0.25, -0.2) is 4.39 Å². The lowest BCUT2D eigenvalue weighted by molar-refractivity contribution is -0.0663. The van der Waals surface area contributed by atoms with Gasteiger partial charge in [0.05, 0.1) is 28.0 Å². The number of halogens is 2. The molecule has 0 fully saturated rings.